The monoisotopic (exact) mass is 625 g/mol. The van der Waals surface area contributed by atoms with Gasteiger partial charge in [0.05, 0.1) is 23.7 Å². The molecular formula is C33H35F4N5O3. The largest absolute Gasteiger partial charge is 0.419 e. The second-order valence-corrected chi connectivity index (χ2v) is 11.0. The number of hydrogen-bond acceptors (Lipinski definition) is 5. The third-order valence-corrected chi connectivity index (χ3v) is 7.75. The maximum absolute atomic E-state index is 14.5. The van der Waals surface area contributed by atoms with Gasteiger partial charge in [-0.1, -0.05) is 42.5 Å². The van der Waals surface area contributed by atoms with Crippen molar-refractivity contribution in [2.45, 2.75) is 32.0 Å². The van der Waals surface area contributed by atoms with E-state index < -0.39 is 34.9 Å². The minimum absolute atomic E-state index is 0.0887. The fourth-order valence-corrected chi connectivity index (χ4v) is 5.38. The lowest BCUT2D eigenvalue weighted by Crippen LogP contribution is -2.42. The molecule has 12 heteroatoms. The molecule has 1 aliphatic heterocycles. The number of benzene rings is 3. The van der Waals surface area contributed by atoms with Gasteiger partial charge >= 0.3 is 6.18 Å². The Morgan fingerprint density at radius 1 is 1.07 bits per heavy atom. The van der Waals surface area contributed by atoms with Gasteiger partial charge < -0.3 is 25.8 Å². The van der Waals surface area contributed by atoms with Gasteiger partial charge in [0.15, 0.2) is 0 Å². The topological polar surface area (TPSA) is 99.0 Å². The number of primary amides is 1. The van der Waals surface area contributed by atoms with Gasteiger partial charge in [0.1, 0.15) is 5.82 Å². The predicted molar refractivity (Wildman–Crippen MR) is 162 cm³/mol. The molecule has 1 atom stereocenters. The Kier molecular flexibility index (Phi) is 10.5. The molecule has 1 unspecified atom stereocenters. The Bertz CT molecular complexity index is 1560. The number of halogens is 4. The van der Waals surface area contributed by atoms with Crippen molar-refractivity contribution in [1.82, 2.24) is 14.7 Å². The molecule has 0 aliphatic carbocycles. The number of amides is 3. The van der Waals surface area contributed by atoms with Crippen molar-refractivity contribution in [2.75, 3.05) is 38.5 Å². The van der Waals surface area contributed by atoms with E-state index in [0.717, 1.165) is 47.5 Å². The van der Waals surface area contributed by atoms with Gasteiger partial charge in [0.25, 0.3) is 5.91 Å². The number of hydrogen-bond donors (Lipinski definition) is 2. The second-order valence-electron chi connectivity index (χ2n) is 11.0. The van der Waals surface area contributed by atoms with Crippen LogP contribution in [0.1, 0.15) is 45.1 Å². The van der Waals surface area contributed by atoms with Crippen LogP contribution in [0.2, 0.25) is 0 Å². The number of likely N-dealkylation sites (N-methyl/N-ethyl adjacent to an activating group) is 1. The molecule has 238 valence electrons. The van der Waals surface area contributed by atoms with Crippen LogP contribution in [0.5, 0.6) is 0 Å². The van der Waals surface area contributed by atoms with Gasteiger partial charge in [0.2, 0.25) is 12.3 Å². The highest BCUT2D eigenvalue weighted by Crippen LogP contribution is 2.33. The van der Waals surface area contributed by atoms with Crippen molar-refractivity contribution in [1.29, 1.82) is 0 Å². The van der Waals surface area contributed by atoms with E-state index in [2.05, 4.69) is 5.32 Å². The lowest BCUT2D eigenvalue weighted by molar-refractivity contribution is -0.140. The molecule has 3 aromatic rings. The third-order valence-electron chi connectivity index (χ3n) is 7.75. The highest BCUT2D eigenvalue weighted by atomic mass is 19.4. The number of carbonyl (C=O) groups is 3. The van der Waals surface area contributed by atoms with Gasteiger partial charge in [-0.2, -0.15) is 13.2 Å². The fourth-order valence-electron chi connectivity index (χ4n) is 5.38. The van der Waals surface area contributed by atoms with Crippen LogP contribution in [0.4, 0.5) is 23.2 Å². The average molecular weight is 626 g/mol. The van der Waals surface area contributed by atoms with Crippen molar-refractivity contribution in [3.63, 3.8) is 0 Å². The Morgan fingerprint density at radius 3 is 2.44 bits per heavy atom. The Morgan fingerprint density at radius 2 is 1.80 bits per heavy atom. The number of anilines is 1. The molecule has 3 N–H and O–H groups in total. The van der Waals surface area contributed by atoms with Crippen LogP contribution in [0.3, 0.4) is 0 Å². The van der Waals surface area contributed by atoms with E-state index in [4.69, 9.17) is 5.73 Å². The molecule has 3 aromatic carbocycles. The van der Waals surface area contributed by atoms with Gasteiger partial charge in [-0.3, -0.25) is 14.4 Å². The summed E-state index contributed by atoms with van der Waals surface area (Å²) in [5, 5.41) is 2.48. The summed E-state index contributed by atoms with van der Waals surface area (Å²) in [6, 6.07) is 16.7. The average Bonchev–Trinajstić information content (AvgIpc) is 2.98. The van der Waals surface area contributed by atoms with E-state index in [1.54, 1.807) is 23.1 Å². The number of nitrogens with zero attached hydrogens (tertiary/aromatic N) is 3. The number of alkyl halides is 3. The molecule has 0 radical (unpaired) electrons. The zero-order chi connectivity index (χ0) is 32.7. The normalized spacial score (nSPS) is 14.0. The van der Waals surface area contributed by atoms with Crippen LogP contribution in [0.25, 0.3) is 0 Å². The molecule has 1 heterocycles. The predicted octanol–water partition coefficient (Wildman–Crippen LogP) is 5.11. The second kappa shape index (κ2) is 14.3. The van der Waals surface area contributed by atoms with Crippen molar-refractivity contribution < 1.29 is 31.9 Å². The summed E-state index contributed by atoms with van der Waals surface area (Å²) < 4.78 is 53.9. The number of nitrogens with two attached hydrogens (primary N) is 1. The molecule has 1 aliphatic rings. The number of rotatable bonds is 12. The minimum atomic E-state index is -4.93. The lowest BCUT2D eigenvalue weighted by Gasteiger charge is -2.36. The summed E-state index contributed by atoms with van der Waals surface area (Å²) in [6.07, 6.45) is -1.26. The van der Waals surface area contributed by atoms with Crippen molar-refractivity contribution in [3.8, 4) is 0 Å². The van der Waals surface area contributed by atoms with Crippen LogP contribution in [0, 0.1) is 12.7 Å². The molecule has 0 aromatic heterocycles. The van der Waals surface area contributed by atoms with Gasteiger partial charge in [-0.15, -0.1) is 0 Å². The maximum Gasteiger partial charge on any atom is 0.419 e. The van der Waals surface area contributed by atoms with Gasteiger partial charge in [-0.25, -0.2) is 4.39 Å². The number of carbonyl (C=O) groups excluding carboxylic acids is 3. The molecule has 0 saturated carbocycles. The molecule has 45 heavy (non-hydrogen) atoms. The van der Waals surface area contributed by atoms with Crippen molar-refractivity contribution >= 4 is 23.9 Å². The maximum atomic E-state index is 14.5. The first-order valence-electron chi connectivity index (χ1n) is 14.3. The first kappa shape index (κ1) is 33.0. The Hall–Kier alpha value is -4.87. The standard InChI is InChI=1S/C33H35F4N5O3/c1-22-17-25(39-32(45)27-9-6-10-28(31(27)34)33(35,36)37)12-11-24(22)18-29(23-7-4-3-5-8-23)42(21-43)14-13-26-19-40(2)15-16-41(26)20-30(38)44/h3-12,17,19,21,29H,13-16,18,20H2,1-2H3,(H2,38,44)(H,39,45). The first-order chi connectivity index (χ1) is 21.4. The van der Waals surface area contributed by atoms with Crippen LogP contribution in [0.15, 0.2) is 78.6 Å². The molecule has 4 rings (SSSR count). The van der Waals surface area contributed by atoms with Crippen LogP contribution >= 0.6 is 0 Å². The number of nitrogens with one attached hydrogen (secondary N) is 1. The van der Waals surface area contributed by atoms with Gasteiger partial charge in [-0.05, 0) is 54.3 Å². The summed E-state index contributed by atoms with van der Waals surface area (Å²) >= 11 is 0. The Balaban J connectivity index is 1.53. The van der Waals surface area contributed by atoms with Crippen molar-refractivity contribution in [3.05, 3.63) is 112 Å². The van der Waals surface area contributed by atoms with E-state index in [1.165, 1.54) is 0 Å². The van der Waals surface area contributed by atoms with Gasteiger partial charge in [0, 0.05) is 50.7 Å². The number of aryl methyl sites for hydroxylation is 1. The van der Waals surface area contributed by atoms with Crippen LogP contribution < -0.4 is 11.1 Å². The SMILES string of the molecule is Cc1cc(NC(=O)c2cccc(C(F)(F)F)c2F)ccc1CC(c1ccccc1)N(C=O)CCC1=CN(C)CCN1CC(N)=O. The quantitative estimate of drug-likeness (QED) is 0.215. The molecule has 8 nitrogen and oxygen atoms in total. The highest BCUT2D eigenvalue weighted by Gasteiger charge is 2.35. The van der Waals surface area contributed by atoms with E-state index in [1.807, 2.05) is 60.3 Å². The zero-order valence-corrected chi connectivity index (χ0v) is 25.0. The van der Waals surface area contributed by atoms with Crippen LogP contribution in [-0.2, 0) is 22.2 Å². The highest BCUT2D eigenvalue weighted by molar-refractivity contribution is 6.04. The molecule has 0 fully saturated rings. The zero-order valence-electron chi connectivity index (χ0n) is 25.0. The van der Waals surface area contributed by atoms with Crippen LogP contribution in [-0.4, -0.2) is 66.2 Å². The van der Waals surface area contributed by atoms with E-state index in [9.17, 15) is 31.9 Å². The molecular weight excluding hydrogens is 590 g/mol. The summed E-state index contributed by atoms with van der Waals surface area (Å²) in [6.45, 7) is 3.65. The lowest BCUT2D eigenvalue weighted by atomic mass is 9.94. The fraction of sp³-hybridized carbons (Fsp3) is 0.303. The molecule has 0 spiro atoms. The first-order valence-corrected chi connectivity index (χ1v) is 14.3. The summed E-state index contributed by atoms with van der Waals surface area (Å²) in [5.74, 6) is -3.08. The smallest absolute Gasteiger partial charge is 0.377 e. The third kappa shape index (κ3) is 8.40. The summed E-state index contributed by atoms with van der Waals surface area (Å²) in [4.78, 5) is 42.5. The van der Waals surface area contributed by atoms with E-state index in [-0.39, 0.29) is 18.3 Å². The van der Waals surface area contributed by atoms with E-state index in [0.29, 0.717) is 32.0 Å². The van der Waals surface area contributed by atoms with E-state index >= 15 is 0 Å². The molecule has 3 amide bonds. The molecule has 0 saturated heterocycles. The summed E-state index contributed by atoms with van der Waals surface area (Å²) in [5.41, 5.74) is 6.93. The van der Waals surface area contributed by atoms with Crippen molar-refractivity contribution in [2.24, 2.45) is 5.73 Å². The minimum Gasteiger partial charge on any atom is -0.377 e. The molecule has 0 bridgehead atoms. The summed E-state index contributed by atoms with van der Waals surface area (Å²) in [7, 11) is 1.94. The Labute approximate surface area is 259 Å².